The van der Waals surface area contributed by atoms with E-state index in [-0.39, 0.29) is 6.04 Å². The third-order valence-electron chi connectivity index (χ3n) is 3.04. The number of rotatable bonds is 5. The van der Waals surface area contributed by atoms with Gasteiger partial charge in [-0.2, -0.15) is 0 Å². The van der Waals surface area contributed by atoms with Crippen molar-refractivity contribution in [2.75, 3.05) is 12.4 Å². The molecule has 5 heteroatoms. The summed E-state index contributed by atoms with van der Waals surface area (Å²) < 4.78 is 6.32. The van der Waals surface area contributed by atoms with E-state index in [4.69, 9.17) is 16.3 Å². The Morgan fingerprint density at radius 2 is 2.10 bits per heavy atom. The van der Waals surface area contributed by atoms with Crippen LogP contribution < -0.4 is 10.1 Å². The van der Waals surface area contributed by atoms with Gasteiger partial charge in [0.25, 0.3) is 0 Å². The van der Waals surface area contributed by atoms with Crippen molar-refractivity contribution < 1.29 is 4.74 Å². The Labute approximate surface area is 137 Å². The summed E-state index contributed by atoms with van der Waals surface area (Å²) in [5, 5.41) is 6.32. The number of thiophene rings is 1. The van der Waals surface area contributed by atoms with E-state index < -0.39 is 0 Å². The molecule has 0 fully saturated rings. The molecule has 0 saturated carbocycles. The van der Waals surface area contributed by atoms with E-state index in [0.29, 0.717) is 10.9 Å². The zero-order valence-electron chi connectivity index (χ0n) is 11.6. The Kier molecular flexibility index (Phi) is 5.35. The first-order chi connectivity index (χ1) is 9.52. The molecule has 2 aromatic rings. The van der Waals surface area contributed by atoms with E-state index in [1.54, 1.807) is 18.4 Å². The molecule has 2 nitrogen and oxygen atoms in total. The number of ether oxygens (including phenoxy) is 1. The van der Waals surface area contributed by atoms with Crippen LogP contribution in [-0.4, -0.2) is 7.11 Å². The van der Waals surface area contributed by atoms with Crippen LogP contribution in [0.25, 0.3) is 0 Å². The van der Waals surface area contributed by atoms with Crippen molar-refractivity contribution in [3.8, 4) is 5.75 Å². The Bertz CT molecular complexity index is 572. The van der Waals surface area contributed by atoms with Gasteiger partial charge in [0.1, 0.15) is 0 Å². The lowest BCUT2D eigenvalue weighted by atomic mass is 10.0. The maximum absolute atomic E-state index is 6.14. The van der Waals surface area contributed by atoms with Crippen LogP contribution in [-0.2, 0) is 0 Å². The summed E-state index contributed by atoms with van der Waals surface area (Å²) >= 11 is 11.4. The van der Waals surface area contributed by atoms with Gasteiger partial charge in [0.15, 0.2) is 5.75 Å². The molecule has 0 aliphatic carbocycles. The van der Waals surface area contributed by atoms with Gasteiger partial charge in [-0.25, -0.2) is 0 Å². The first-order valence-corrected chi connectivity index (χ1v) is 8.41. The smallest absolute Gasteiger partial charge is 0.156 e. The fourth-order valence-corrected chi connectivity index (χ4v) is 4.00. The lowest BCUT2D eigenvalue weighted by Gasteiger charge is -2.24. The van der Waals surface area contributed by atoms with E-state index in [1.165, 1.54) is 4.88 Å². The summed E-state index contributed by atoms with van der Waals surface area (Å²) in [4.78, 5) is 1.30. The van der Waals surface area contributed by atoms with Crippen molar-refractivity contribution in [2.45, 2.75) is 19.9 Å². The molecule has 0 bridgehead atoms. The van der Waals surface area contributed by atoms with Crippen LogP contribution in [0.15, 0.2) is 34.1 Å². The maximum Gasteiger partial charge on any atom is 0.156 e. The van der Waals surface area contributed by atoms with Crippen LogP contribution >= 0.6 is 38.9 Å². The molecule has 1 aromatic heterocycles. The zero-order valence-corrected chi connectivity index (χ0v) is 14.8. The van der Waals surface area contributed by atoms with E-state index in [1.807, 2.05) is 12.1 Å². The minimum absolute atomic E-state index is 0.231. The summed E-state index contributed by atoms with van der Waals surface area (Å²) in [5.74, 6) is 1.23. The van der Waals surface area contributed by atoms with Gasteiger partial charge in [-0.15, -0.1) is 11.3 Å². The molecular weight excluding hydrogens is 358 g/mol. The van der Waals surface area contributed by atoms with E-state index in [0.717, 1.165) is 15.9 Å². The van der Waals surface area contributed by atoms with Gasteiger partial charge >= 0.3 is 0 Å². The molecular formula is C15H17BrClNOS. The quantitative estimate of drug-likeness (QED) is 0.695. The normalized spacial score (nSPS) is 12.5. The Morgan fingerprint density at radius 3 is 2.65 bits per heavy atom. The highest BCUT2D eigenvalue weighted by molar-refractivity contribution is 9.10. The average molecular weight is 375 g/mol. The van der Waals surface area contributed by atoms with Gasteiger partial charge in [-0.3, -0.25) is 0 Å². The lowest BCUT2D eigenvalue weighted by molar-refractivity contribution is 0.412. The van der Waals surface area contributed by atoms with Gasteiger partial charge in [-0.1, -0.05) is 31.5 Å². The molecule has 1 heterocycles. The van der Waals surface area contributed by atoms with Gasteiger partial charge in [-0.05, 0) is 45.4 Å². The van der Waals surface area contributed by atoms with Crippen molar-refractivity contribution in [3.63, 3.8) is 0 Å². The molecule has 108 valence electrons. The molecule has 0 aliphatic heterocycles. The Morgan fingerprint density at radius 1 is 1.35 bits per heavy atom. The first-order valence-electron chi connectivity index (χ1n) is 6.36. The summed E-state index contributed by atoms with van der Waals surface area (Å²) in [5.41, 5.74) is 0.902. The number of methoxy groups -OCH3 is 1. The standard InChI is InChI=1S/C15H17BrClNOS/c1-9(2)14(13-5-4-6-20-13)18-12-8-10(17)7-11(16)15(12)19-3/h4-9,14,18H,1-3H3. The Hall–Kier alpha value is -0.710. The van der Waals surface area contributed by atoms with Gasteiger partial charge in [0.05, 0.1) is 23.3 Å². The van der Waals surface area contributed by atoms with Crippen LogP contribution in [0.1, 0.15) is 24.8 Å². The Balaban J connectivity index is 2.36. The van der Waals surface area contributed by atoms with Crippen molar-refractivity contribution in [1.29, 1.82) is 0 Å². The number of benzene rings is 1. The second-order valence-corrected chi connectivity index (χ2v) is 7.12. The monoisotopic (exact) mass is 373 g/mol. The van der Waals surface area contributed by atoms with Gasteiger partial charge < -0.3 is 10.1 Å². The topological polar surface area (TPSA) is 21.3 Å². The average Bonchev–Trinajstić information content (AvgIpc) is 2.88. The SMILES string of the molecule is COc1c(Br)cc(Cl)cc1NC(c1cccs1)C(C)C. The molecule has 1 atom stereocenters. The third-order valence-corrected chi connectivity index (χ3v) is 4.80. The van der Waals surface area contributed by atoms with Crippen molar-refractivity contribution in [2.24, 2.45) is 5.92 Å². The molecule has 0 radical (unpaired) electrons. The van der Waals surface area contributed by atoms with E-state index >= 15 is 0 Å². The number of nitrogens with one attached hydrogen (secondary N) is 1. The molecule has 0 aliphatic rings. The van der Waals surface area contributed by atoms with Crippen molar-refractivity contribution in [3.05, 3.63) is 44.0 Å². The fourth-order valence-electron chi connectivity index (χ4n) is 2.08. The fraction of sp³-hybridized carbons (Fsp3) is 0.333. The molecule has 20 heavy (non-hydrogen) atoms. The lowest BCUT2D eigenvalue weighted by Crippen LogP contribution is -2.16. The van der Waals surface area contributed by atoms with E-state index in [2.05, 4.69) is 52.6 Å². The minimum atomic E-state index is 0.231. The van der Waals surface area contributed by atoms with Crippen LogP contribution in [0.2, 0.25) is 5.02 Å². The first kappa shape index (κ1) is 15.7. The molecule has 1 aromatic carbocycles. The molecule has 1 N–H and O–H groups in total. The molecule has 0 spiro atoms. The van der Waals surface area contributed by atoms with Crippen LogP contribution in [0.4, 0.5) is 5.69 Å². The summed E-state index contributed by atoms with van der Waals surface area (Å²) in [7, 11) is 1.66. The summed E-state index contributed by atoms with van der Waals surface area (Å²) in [6.45, 7) is 4.40. The number of halogens is 2. The molecule has 0 saturated heterocycles. The zero-order chi connectivity index (χ0) is 14.7. The van der Waals surface area contributed by atoms with Crippen LogP contribution in [0.3, 0.4) is 0 Å². The second kappa shape index (κ2) is 6.83. The number of anilines is 1. The minimum Gasteiger partial charge on any atom is -0.493 e. The highest BCUT2D eigenvalue weighted by Crippen LogP contribution is 2.39. The molecule has 2 rings (SSSR count). The maximum atomic E-state index is 6.14. The number of hydrogen-bond acceptors (Lipinski definition) is 3. The summed E-state index contributed by atoms with van der Waals surface area (Å²) in [6.07, 6.45) is 0. The van der Waals surface area contributed by atoms with E-state index in [9.17, 15) is 0 Å². The van der Waals surface area contributed by atoms with Crippen molar-refractivity contribution >= 4 is 44.6 Å². The largest absolute Gasteiger partial charge is 0.493 e. The van der Waals surface area contributed by atoms with Gasteiger partial charge in [0.2, 0.25) is 0 Å². The van der Waals surface area contributed by atoms with Crippen LogP contribution in [0.5, 0.6) is 5.75 Å². The van der Waals surface area contributed by atoms with Gasteiger partial charge in [0, 0.05) is 9.90 Å². The van der Waals surface area contributed by atoms with Crippen LogP contribution in [0, 0.1) is 5.92 Å². The highest BCUT2D eigenvalue weighted by Gasteiger charge is 2.19. The highest BCUT2D eigenvalue weighted by atomic mass is 79.9. The summed E-state index contributed by atoms with van der Waals surface area (Å²) in [6, 6.07) is 8.18. The van der Waals surface area contributed by atoms with Crippen molar-refractivity contribution in [1.82, 2.24) is 0 Å². The third kappa shape index (κ3) is 3.48. The number of hydrogen-bond donors (Lipinski definition) is 1. The predicted octanol–water partition coefficient (Wildman–Crippen LogP) is 5.98. The predicted molar refractivity (Wildman–Crippen MR) is 91.2 cm³/mol. The molecule has 0 amide bonds. The molecule has 1 unspecified atom stereocenters. The second-order valence-electron chi connectivity index (χ2n) is 4.85.